The molecule has 2 fully saturated rings. The van der Waals surface area contributed by atoms with Crippen LogP contribution >= 0.6 is 0 Å². The molecule has 0 N–H and O–H groups in total. The lowest BCUT2D eigenvalue weighted by molar-refractivity contribution is -0.116. The predicted octanol–water partition coefficient (Wildman–Crippen LogP) is 3.32. The Labute approximate surface area is 193 Å². The molecule has 0 radical (unpaired) electrons. The zero-order valence-corrected chi connectivity index (χ0v) is 18.8. The van der Waals surface area contributed by atoms with Gasteiger partial charge in [0.15, 0.2) is 23.5 Å². The molecule has 2 aliphatic heterocycles. The minimum Gasteiger partial charge on any atom is -0.355 e. The monoisotopic (exact) mass is 496 g/mol. The van der Waals surface area contributed by atoms with E-state index in [4.69, 9.17) is 4.74 Å². The Bertz CT molecular complexity index is 1390. The number of benzene rings is 2. The number of aryl methyl sites for hydroxylation is 1. The van der Waals surface area contributed by atoms with Crippen molar-refractivity contribution in [3.05, 3.63) is 59.5 Å². The summed E-state index contributed by atoms with van der Waals surface area (Å²) in [5.74, 6) is -2.41. The van der Waals surface area contributed by atoms with Crippen LogP contribution in [0.3, 0.4) is 0 Å². The van der Waals surface area contributed by atoms with Gasteiger partial charge in [0, 0.05) is 31.6 Å². The van der Waals surface area contributed by atoms with Crippen molar-refractivity contribution in [3.63, 3.8) is 0 Å². The van der Waals surface area contributed by atoms with Gasteiger partial charge in [-0.1, -0.05) is 0 Å². The van der Waals surface area contributed by atoms with E-state index in [1.165, 1.54) is 19.2 Å². The number of rotatable bonds is 3. The fourth-order valence-corrected chi connectivity index (χ4v) is 6.28. The van der Waals surface area contributed by atoms with Crippen LogP contribution in [0, 0.1) is 24.4 Å². The number of nitrogens with zero attached hydrogens (tertiary/aromatic N) is 4. The van der Waals surface area contributed by atoms with Crippen LogP contribution in [-0.2, 0) is 14.8 Å². The van der Waals surface area contributed by atoms with Crippen molar-refractivity contribution in [2.45, 2.75) is 30.1 Å². The molecule has 0 aliphatic carbocycles. The third kappa shape index (κ3) is 3.60. The van der Waals surface area contributed by atoms with Gasteiger partial charge in [-0.3, -0.25) is 4.98 Å². The van der Waals surface area contributed by atoms with Crippen LogP contribution in [0.4, 0.5) is 23.4 Å². The summed E-state index contributed by atoms with van der Waals surface area (Å²) in [6.07, 6.45) is -0.427. The Balaban J connectivity index is 1.42. The van der Waals surface area contributed by atoms with E-state index in [0.29, 0.717) is 0 Å². The first kappa shape index (κ1) is 22.9. The van der Waals surface area contributed by atoms with Crippen molar-refractivity contribution in [1.29, 1.82) is 0 Å². The van der Waals surface area contributed by atoms with Gasteiger partial charge >= 0.3 is 0 Å². The number of anilines is 1. The van der Waals surface area contributed by atoms with Gasteiger partial charge in [0.2, 0.25) is 10.0 Å². The van der Waals surface area contributed by atoms with Crippen molar-refractivity contribution in [2.75, 3.05) is 31.1 Å². The lowest BCUT2D eigenvalue weighted by Crippen LogP contribution is -2.62. The molecule has 34 heavy (non-hydrogen) atoms. The lowest BCUT2D eigenvalue weighted by Gasteiger charge is -2.45. The highest BCUT2D eigenvalue weighted by molar-refractivity contribution is 7.89. The van der Waals surface area contributed by atoms with Crippen LogP contribution in [0.5, 0.6) is 0 Å². The van der Waals surface area contributed by atoms with E-state index in [0.717, 1.165) is 28.6 Å². The Morgan fingerprint density at radius 2 is 1.79 bits per heavy atom. The number of ether oxygens (including phenoxy) is 1. The molecule has 2 aliphatic rings. The van der Waals surface area contributed by atoms with Gasteiger partial charge in [0.1, 0.15) is 11.6 Å². The van der Waals surface area contributed by atoms with Crippen LogP contribution in [0.15, 0.2) is 41.4 Å². The normalized spacial score (nSPS) is 23.8. The first-order valence-corrected chi connectivity index (χ1v) is 12.0. The first-order chi connectivity index (χ1) is 16.1. The Kier molecular flexibility index (Phi) is 5.49. The zero-order chi connectivity index (χ0) is 24.3. The molecule has 180 valence electrons. The highest BCUT2D eigenvalue weighted by Crippen LogP contribution is 2.41. The molecular weight excluding hydrogens is 476 g/mol. The lowest BCUT2D eigenvalue weighted by atomic mass is 9.98. The highest BCUT2D eigenvalue weighted by Gasteiger charge is 2.57. The fourth-order valence-electron chi connectivity index (χ4n) is 4.48. The summed E-state index contributed by atoms with van der Waals surface area (Å²) < 4.78 is 89.7. The standard InChI is InChI=1S/C22H20F4N4O3S/c1-13-8-14(2-3-15(13)23)34(31,32)30-6-7-33-22(30)4-5-29(12-20(22)26)21-11-27-18-9-16(24)17(25)10-19(18)28-21/h2-3,8-11,20H,4-7,12H2,1H3/t20-,22+/m1/s1. The maximum atomic E-state index is 15.7. The number of halogens is 4. The molecule has 3 aromatic rings. The van der Waals surface area contributed by atoms with E-state index in [2.05, 4.69) is 9.97 Å². The number of fused-ring (bicyclic) bond motifs is 1. The number of hydrogen-bond acceptors (Lipinski definition) is 6. The summed E-state index contributed by atoms with van der Waals surface area (Å²) in [5.41, 5.74) is -1.29. The van der Waals surface area contributed by atoms with Crippen molar-refractivity contribution in [3.8, 4) is 0 Å². The third-order valence-electron chi connectivity index (χ3n) is 6.29. The smallest absolute Gasteiger partial charge is 0.245 e. The Morgan fingerprint density at radius 1 is 1.06 bits per heavy atom. The van der Waals surface area contributed by atoms with E-state index in [1.807, 2.05) is 0 Å². The third-order valence-corrected chi connectivity index (χ3v) is 8.21. The van der Waals surface area contributed by atoms with Crippen molar-refractivity contribution >= 4 is 26.9 Å². The zero-order valence-electron chi connectivity index (χ0n) is 18.0. The van der Waals surface area contributed by atoms with Gasteiger partial charge in [0.25, 0.3) is 0 Å². The molecule has 12 heteroatoms. The number of sulfonamides is 1. The SMILES string of the molecule is Cc1cc(S(=O)(=O)N2CCO[C@]23CCN(c2cnc4cc(F)c(F)cc4n2)C[C@H]3F)ccc1F. The number of piperidine rings is 1. The van der Waals surface area contributed by atoms with E-state index >= 15 is 4.39 Å². The molecule has 5 rings (SSSR count). The topological polar surface area (TPSA) is 75.6 Å². The van der Waals surface area contributed by atoms with Crippen molar-refractivity contribution in [1.82, 2.24) is 14.3 Å². The minimum atomic E-state index is -4.16. The van der Waals surface area contributed by atoms with Crippen LogP contribution in [0.25, 0.3) is 11.0 Å². The Hall–Kier alpha value is -2.83. The molecule has 2 atom stereocenters. The average molecular weight is 496 g/mol. The van der Waals surface area contributed by atoms with Gasteiger partial charge < -0.3 is 9.64 Å². The van der Waals surface area contributed by atoms with Gasteiger partial charge in [0.05, 0.1) is 35.3 Å². The highest BCUT2D eigenvalue weighted by atomic mass is 32.2. The predicted molar refractivity (Wildman–Crippen MR) is 115 cm³/mol. The van der Waals surface area contributed by atoms with Crippen molar-refractivity contribution in [2.24, 2.45) is 0 Å². The van der Waals surface area contributed by atoms with Crippen molar-refractivity contribution < 1.29 is 30.7 Å². The summed E-state index contributed by atoms with van der Waals surface area (Å²) in [6, 6.07) is 5.27. The summed E-state index contributed by atoms with van der Waals surface area (Å²) >= 11 is 0. The fraction of sp³-hybridized carbons (Fsp3) is 0.364. The maximum Gasteiger partial charge on any atom is 0.245 e. The molecule has 1 spiro atoms. The molecular formula is C22H20F4N4O3S. The molecule has 0 saturated carbocycles. The van der Waals surface area contributed by atoms with E-state index < -0.39 is 39.4 Å². The van der Waals surface area contributed by atoms with E-state index in [9.17, 15) is 21.6 Å². The molecule has 2 aromatic carbocycles. The minimum absolute atomic E-state index is 0.00886. The Morgan fingerprint density at radius 3 is 2.50 bits per heavy atom. The second-order valence-electron chi connectivity index (χ2n) is 8.33. The summed E-state index contributed by atoms with van der Waals surface area (Å²) in [4.78, 5) is 9.76. The van der Waals surface area contributed by atoms with Crippen LogP contribution in [-0.4, -0.2) is 60.8 Å². The first-order valence-electron chi connectivity index (χ1n) is 10.6. The summed E-state index contributed by atoms with van der Waals surface area (Å²) in [7, 11) is -4.16. The number of hydrogen-bond donors (Lipinski definition) is 0. The molecule has 3 heterocycles. The van der Waals surface area contributed by atoms with Gasteiger partial charge in [-0.05, 0) is 30.7 Å². The number of alkyl halides is 1. The number of aromatic nitrogens is 2. The largest absolute Gasteiger partial charge is 0.355 e. The molecule has 2 saturated heterocycles. The summed E-state index contributed by atoms with van der Waals surface area (Å²) in [6.45, 7) is 1.35. The van der Waals surface area contributed by atoms with Gasteiger partial charge in [-0.15, -0.1) is 0 Å². The summed E-state index contributed by atoms with van der Waals surface area (Å²) in [5, 5.41) is 0. The van der Waals surface area contributed by atoms with Crippen LogP contribution in [0.2, 0.25) is 0 Å². The molecule has 0 amide bonds. The maximum absolute atomic E-state index is 15.7. The molecule has 1 aromatic heterocycles. The quantitative estimate of drug-likeness (QED) is 0.518. The van der Waals surface area contributed by atoms with Crippen LogP contribution < -0.4 is 4.90 Å². The van der Waals surface area contributed by atoms with Gasteiger partial charge in [-0.25, -0.2) is 31.0 Å². The van der Waals surface area contributed by atoms with E-state index in [1.54, 1.807) is 4.90 Å². The van der Waals surface area contributed by atoms with Gasteiger partial charge in [-0.2, -0.15) is 4.31 Å². The molecule has 7 nitrogen and oxygen atoms in total. The second kappa shape index (κ2) is 8.14. The van der Waals surface area contributed by atoms with E-state index in [-0.39, 0.29) is 60.0 Å². The molecule has 0 unspecified atom stereocenters. The molecule has 0 bridgehead atoms. The van der Waals surface area contributed by atoms with Crippen LogP contribution in [0.1, 0.15) is 12.0 Å². The average Bonchev–Trinajstić information content (AvgIpc) is 3.23. The second-order valence-corrected chi connectivity index (χ2v) is 10.2.